The molecule has 1 aliphatic heterocycles. The van der Waals surface area contributed by atoms with Crippen LogP contribution in [-0.2, 0) is 0 Å². The average Bonchev–Trinajstić information content (AvgIpc) is 3.25. The summed E-state index contributed by atoms with van der Waals surface area (Å²) >= 11 is 0. The minimum absolute atomic E-state index is 0.00924. The summed E-state index contributed by atoms with van der Waals surface area (Å²) in [6, 6.07) is 16.1. The van der Waals surface area contributed by atoms with Crippen molar-refractivity contribution < 1.29 is 18.8 Å². The summed E-state index contributed by atoms with van der Waals surface area (Å²) in [6.45, 7) is 1.06. The number of primary amides is 1. The fraction of sp³-hybridized carbons (Fsp3) is 0.182. The van der Waals surface area contributed by atoms with E-state index in [0.29, 0.717) is 5.69 Å². The Hall–Kier alpha value is -4.01. The van der Waals surface area contributed by atoms with Gasteiger partial charge in [-0.1, -0.05) is 30.3 Å². The lowest BCUT2D eigenvalue weighted by Crippen LogP contribution is -2.50. The van der Waals surface area contributed by atoms with E-state index in [1.165, 1.54) is 33.8 Å². The Labute approximate surface area is 177 Å². The zero-order valence-corrected chi connectivity index (χ0v) is 16.6. The molecular weight excluding hydrogens is 401 g/mol. The van der Waals surface area contributed by atoms with E-state index in [2.05, 4.69) is 5.10 Å². The Kier molecular flexibility index (Phi) is 5.48. The molecule has 0 spiro atoms. The molecule has 2 aromatic carbocycles. The molecule has 2 N–H and O–H groups in total. The lowest BCUT2D eigenvalue weighted by Gasteiger charge is -2.34. The van der Waals surface area contributed by atoms with E-state index in [9.17, 15) is 18.8 Å². The van der Waals surface area contributed by atoms with Crippen molar-refractivity contribution in [2.45, 2.75) is 0 Å². The van der Waals surface area contributed by atoms with Gasteiger partial charge in [-0.15, -0.1) is 0 Å². The topological polar surface area (TPSA) is 102 Å². The number of aromatic nitrogens is 2. The maximum absolute atomic E-state index is 13.9. The minimum atomic E-state index is -0.698. The summed E-state index contributed by atoms with van der Waals surface area (Å²) in [5, 5.41) is 4.28. The molecule has 3 amide bonds. The van der Waals surface area contributed by atoms with Gasteiger partial charge in [0.05, 0.1) is 11.3 Å². The third kappa shape index (κ3) is 4.02. The number of carbonyl (C=O) groups excluding carboxylic acids is 3. The van der Waals surface area contributed by atoms with E-state index in [1.54, 1.807) is 35.2 Å². The molecule has 2 heterocycles. The van der Waals surface area contributed by atoms with Crippen LogP contribution in [-0.4, -0.2) is 63.5 Å². The van der Waals surface area contributed by atoms with Crippen LogP contribution in [0.3, 0.4) is 0 Å². The highest BCUT2D eigenvalue weighted by molar-refractivity contribution is 5.98. The summed E-state index contributed by atoms with van der Waals surface area (Å²) < 4.78 is 15.2. The van der Waals surface area contributed by atoms with Crippen LogP contribution >= 0.6 is 0 Å². The van der Waals surface area contributed by atoms with Gasteiger partial charge in [0.15, 0.2) is 5.69 Å². The molecule has 0 atom stereocenters. The van der Waals surface area contributed by atoms with Crippen molar-refractivity contribution in [2.24, 2.45) is 5.73 Å². The lowest BCUT2D eigenvalue weighted by atomic mass is 10.1. The van der Waals surface area contributed by atoms with Crippen LogP contribution in [0.5, 0.6) is 0 Å². The second kappa shape index (κ2) is 8.39. The van der Waals surface area contributed by atoms with Crippen LogP contribution in [0, 0.1) is 5.82 Å². The smallest absolute Gasteiger partial charge is 0.274 e. The highest BCUT2D eigenvalue weighted by atomic mass is 19.1. The van der Waals surface area contributed by atoms with Gasteiger partial charge in [-0.3, -0.25) is 14.4 Å². The number of nitrogens with zero attached hydrogens (tertiary/aromatic N) is 4. The number of para-hydroxylation sites is 1. The van der Waals surface area contributed by atoms with Crippen molar-refractivity contribution in [3.05, 3.63) is 83.4 Å². The van der Waals surface area contributed by atoms with Gasteiger partial charge in [-0.2, -0.15) is 5.10 Å². The lowest BCUT2D eigenvalue weighted by molar-refractivity contribution is 0.0529. The molecule has 8 nitrogen and oxygen atoms in total. The van der Waals surface area contributed by atoms with Crippen molar-refractivity contribution in [3.63, 3.8) is 0 Å². The maximum Gasteiger partial charge on any atom is 0.274 e. The molecule has 31 heavy (non-hydrogen) atoms. The quantitative estimate of drug-likeness (QED) is 0.693. The van der Waals surface area contributed by atoms with E-state index < -0.39 is 17.6 Å². The fourth-order valence-electron chi connectivity index (χ4n) is 3.51. The first-order valence-corrected chi connectivity index (χ1v) is 9.74. The highest BCUT2D eigenvalue weighted by Crippen LogP contribution is 2.16. The third-order valence-corrected chi connectivity index (χ3v) is 5.14. The van der Waals surface area contributed by atoms with Crippen LogP contribution in [0.25, 0.3) is 5.69 Å². The summed E-state index contributed by atoms with van der Waals surface area (Å²) in [5.41, 5.74) is 6.27. The number of carbonyl (C=O) groups is 3. The number of halogens is 1. The standard InChI is InChI=1S/C22H20FN5O3/c23-17-9-5-4-8-16(17)21(30)26-10-12-27(13-11-26)22(31)18-14-19(20(24)29)28(25-18)15-6-2-1-3-7-15/h1-9,14H,10-13H2,(H2,24,29). The number of hydrogen-bond acceptors (Lipinski definition) is 4. The molecule has 4 rings (SSSR count). The van der Waals surface area contributed by atoms with Gasteiger partial charge in [-0.25, -0.2) is 9.07 Å². The van der Waals surface area contributed by atoms with Crippen LogP contribution < -0.4 is 5.73 Å². The molecule has 0 radical (unpaired) electrons. The van der Waals surface area contributed by atoms with E-state index in [-0.39, 0.29) is 49.0 Å². The van der Waals surface area contributed by atoms with E-state index in [0.717, 1.165) is 0 Å². The second-order valence-electron chi connectivity index (χ2n) is 7.09. The largest absolute Gasteiger partial charge is 0.364 e. The zero-order valence-electron chi connectivity index (χ0n) is 16.6. The molecule has 3 aromatic rings. The van der Waals surface area contributed by atoms with Crippen molar-refractivity contribution in [2.75, 3.05) is 26.2 Å². The molecule has 158 valence electrons. The van der Waals surface area contributed by atoms with Crippen LogP contribution in [0.15, 0.2) is 60.7 Å². The number of piperazine rings is 1. The summed E-state index contributed by atoms with van der Waals surface area (Å²) in [7, 11) is 0. The summed E-state index contributed by atoms with van der Waals surface area (Å²) in [4.78, 5) is 40.4. The fourth-order valence-corrected chi connectivity index (χ4v) is 3.51. The molecule has 1 aliphatic rings. The van der Waals surface area contributed by atoms with Gasteiger partial charge in [0.2, 0.25) is 0 Å². The van der Waals surface area contributed by atoms with Crippen LogP contribution in [0.2, 0.25) is 0 Å². The first-order valence-electron chi connectivity index (χ1n) is 9.74. The number of amides is 3. The Morgan fingerprint density at radius 1 is 0.839 bits per heavy atom. The Morgan fingerprint density at radius 3 is 2.03 bits per heavy atom. The zero-order chi connectivity index (χ0) is 22.0. The molecular formula is C22H20FN5O3. The van der Waals surface area contributed by atoms with Crippen molar-refractivity contribution in [1.82, 2.24) is 19.6 Å². The highest BCUT2D eigenvalue weighted by Gasteiger charge is 2.28. The Balaban J connectivity index is 1.49. The molecule has 1 fully saturated rings. The predicted molar refractivity (Wildman–Crippen MR) is 110 cm³/mol. The van der Waals surface area contributed by atoms with E-state index in [1.807, 2.05) is 6.07 Å². The number of rotatable bonds is 4. The first-order chi connectivity index (χ1) is 15.0. The maximum atomic E-state index is 13.9. The van der Waals surface area contributed by atoms with Crippen molar-refractivity contribution in [3.8, 4) is 5.69 Å². The van der Waals surface area contributed by atoms with E-state index in [4.69, 9.17) is 5.73 Å². The van der Waals surface area contributed by atoms with Gasteiger partial charge in [0.1, 0.15) is 11.5 Å². The molecule has 0 unspecified atom stereocenters. The van der Waals surface area contributed by atoms with Gasteiger partial charge >= 0.3 is 0 Å². The van der Waals surface area contributed by atoms with Crippen LogP contribution in [0.4, 0.5) is 4.39 Å². The van der Waals surface area contributed by atoms with Crippen LogP contribution in [0.1, 0.15) is 31.3 Å². The predicted octanol–water partition coefficient (Wildman–Crippen LogP) is 1.71. The SMILES string of the molecule is NC(=O)c1cc(C(=O)N2CCN(C(=O)c3ccccc3F)CC2)nn1-c1ccccc1. The van der Waals surface area contributed by atoms with Gasteiger partial charge in [0, 0.05) is 32.2 Å². The van der Waals surface area contributed by atoms with Crippen molar-refractivity contribution >= 4 is 17.7 Å². The monoisotopic (exact) mass is 421 g/mol. The second-order valence-corrected chi connectivity index (χ2v) is 7.09. The third-order valence-electron chi connectivity index (χ3n) is 5.14. The van der Waals surface area contributed by atoms with Gasteiger partial charge in [-0.05, 0) is 24.3 Å². The molecule has 9 heteroatoms. The minimum Gasteiger partial charge on any atom is -0.364 e. The molecule has 1 saturated heterocycles. The molecule has 0 saturated carbocycles. The number of nitrogens with two attached hydrogens (primary N) is 1. The Bertz CT molecular complexity index is 1140. The summed E-state index contributed by atoms with van der Waals surface area (Å²) in [6.07, 6.45) is 0. The average molecular weight is 421 g/mol. The summed E-state index contributed by atoms with van der Waals surface area (Å²) in [5.74, 6) is -2.04. The number of benzene rings is 2. The molecule has 0 bridgehead atoms. The first kappa shape index (κ1) is 20.3. The molecule has 1 aromatic heterocycles. The molecule has 0 aliphatic carbocycles. The van der Waals surface area contributed by atoms with E-state index >= 15 is 0 Å². The normalized spacial score (nSPS) is 13.8. The van der Waals surface area contributed by atoms with Gasteiger partial charge < -0.3 is 15.5 Å². The Morgan fingerprint density at radius 2 is 1.42 bits per heavy atom. The van der Waals surface area contributed by atoms with Gasteiger partial charge in [0.25, 0.3) is 17.7 Å². The number of hydrogen-bond donors (Lipinski definition) is 1. The van der Waals surface area contributed by atoms with Crippen molar-refractivity contribution in [1.29, 1.82) is 0 Å².